The van der Waals surface area contributed by atoms with Gasteiger partial charge < -0.3 is 24.1 Å². The number of aryl methyl sites for hydroxylation is 2. The molecule has 0 spiro atoms. The van der Waals surface area contributed by atoms with Gasteiger partial charge in [0.05, 0.1) is 28.4 Å². The van der Waals surface area contributed by atoms with E-state index in [1.54, 1.807) is 34.5 Å². The van der Waals surface area contributed by atoms with Crippen molar-refractivity contribution in [2.75, 3.05) is 28.4 Å². The van der Waals surface area contributed by atoms with Crippen molar-refractivity contribution in [3.8, 4) is 39.9 Å². The summed E-state index contributed by atoms with van der Waals surface area (Å²) in [5.41, 5.74) is 4.17. The Bertz CT molecular complexity index is 767. The molecular formula is C19H22O5. The summed E-state index contributed by atoms with van der Waals surface area (Å²) >= 11 is 0. The van der Waals surface area contributed by atoms with Gasteiger partial charge in [-0.15, -0.1) is 0 Å². The molecule has 0 aromatic heterocycles. The maximum atomic E-state index is 10.1. The third kappa shape index (κ3) is 2.50. The molecule has 2 aromatic carbocycles. The first-order chi connectivity index (χ1) is 11.6. The highest BCUT2D eigenvalue weighted by Gasteiger charge is 2.26. The van der Waals surface area contributed by atoms with Gasteiger partial charge >= 0.3 is 0 Å². The number of ether oxygens (including phenoxy) is 4. The predicted octanol–water partition coefficient (Wildman–Crippen LogP) is 3.58. The van der Waals surface area contributed by atoms with Crippen LogP contribution in [0.5, 0.6) is 28.7 Å². The molecule has 0 amide bonds. The lowest BCUT2D eigenvalue weighted by atomic mass is 9.94. The van der Waals surface area contributed by atoms with Crippen LogP contribution in [0, 0.1) is 0 Å². The normalized spacial score (nSPS) is 12.7. The van der Waals surface area contributed by atoms with E-state index in [9.17, 15) is 5.11 Å². The molecule has 3 rings (SSSR count). The van der Waals surface area contributed by atoms with Crippen molar-refractivity contribution < 1.29 is 24.1 Å². The van der Waals surface area contributed by atoms with E-state index in [0.29, 0.717) is 23.0 Å². The minimum Gasteiger partial charge on any atom is -0.504 e. The standard InChI is InChI=1S/C19H22O5/c1-21-15-10-13-11(8-14(15)20)6-5-7-12-9-16(22-2)18(23-3)19(24-4)17(12)13/h8-10,20H,5-7H2,1-4H3. The highest BCUT2D eigenvalue weighted by molar-refractivity contribution is 5.83. The zero-order valence-electron chi connectivity index (χ0n) is 14.4. The van der Waals surface area contributed by atoms with Gasteiger partial charge in [-0.3, -0.25) is 0 Å². The largest absolute Gasteiger partial charge is 0.504 e. The molecular weight excluding hydrogens is 308 g/mol. The van der Waals surface area contributed by atoms with E-state index in [0.717, 1.165) is 41.5 Å². The molecule has 5 nitrogen and oxygen atoms in total. The quantitative estimate of drug-likeness (QED) is 0.928. The predicted molar refractivity (Wildman–Crippen MR) is 91.8 cm³/mol. The third-order valence-electron chi connectivity index (χ3n) is 4.48. The summed E-state index contributed by atoms with van der Waals surface area (Å²) in [5.74, 6) is 2.46. The summed E-state index contributed by atoms with van der Waals surface area (Å²) < 4.78 is 22.0. The van der Waals surface area contributed by atoms with E-state index in [-0.39, 0.29) is 5.75 Å². The second-order valence-corrected chi connectivity index (χ2v) is 5.71. The van der Waals surface area contributed by atoms with Crippen LogP contribution in [0.2, 0.25) is 0 Å². The Labute approximate surface area is 141 Å². The first-order valence-corrected chi connectivity index (χ1v) is 7.86. The molecule has 0 atom stereocenters. The second kappa shape index (κ2) is 6.51. The minimum atomic E-state index is 0.152. The molecule has 1 aliphatic carbocycles. The Kier molecular flexibility index (Phi) is 4.42. The maximum Gasteiger partial charge on any atom is 0.203 e. The van der Waals surface area contributed by atoms with Gasteiger partial charge in [-0.2, -0.15) is 0 Å². The van der Waals surface area contributed by atoms with Crippen LogP contribution in [0.3, 0.4) is 0 Å². The van der Waals surface area contributed by atoms with Crippen LogP contribution >= 0.6 is 0 Å². The smallest absolute Gasteiger partial charge is 0.203 e. The van der Waals surface area contributed by atoms with Gasteiger partial charge in [0.15, 0.2) is 23.0 Å². The van der Waals surface area contributed by atoms with E-state index in [1.165, 1.54) is 0 Å². The van der Waals surface area contributed by atoms with Gasteiger partial charge in [0.25, 0.3) is 0 Å². The van der Waals surface area contributed by atoms with Crippen LogP contribution in [-0.2, 0) is 12.8 Å². The lowest BCUT2D eigenvalue weighted by molar-refractivity contribution is 0.324. The fraction of sp³-hybridized carbons (Fsp3) is 0.368. The van der Waals surface area contributed by atoms with E-state index < -0.39 is 0 Å². The van der Waals surface area contributed by atoms with E-state index in [4.69, 9.17) is 18.9 Å². The molecule has 128 valence electrons. The number of phenols is 1. The molecule has 5 heteroatoms. The molecule has 24 heavy (non-hydrogen) atoms. The lowest BCUT2D eigenvalue weighted by Crippen LogP contribution is -2.01. The zero-order chi connectivity index (χ0) is 17.3. The average Bonchev–Trinajstić information content (AvgIpc) is 2.77. The number of phenolic OH excluding ortho intramolecular Hbond substituents is 1. The van der Waals surface area contributed by atoms with Crippen LogP contribution < -0.4 is 18.9 Å². The molecule has 0 saturated heterocycles. The first kappa shape index (κ1) is 16.3. The SMILES string of the molecule is COc1cc2c(cc1O)CCCc1cc(OC)c(OC)c(OC)c1-2. The fourth-order valence-electron chi connectivity index (χ4n) is 3.38. The molecule has 0 aliphatic heterocycles. The van der Waals surface area contributed by atoms with Crippen molar-refractivity contribution in [3.63, 3.8) is 0 Å². The van der Waals surface area contributed by atoms with Gasteiger partial charge in [0.2, 0.25) is 5.75 Å². The number of fused-ring (bicyclic) bond motifs is 3. The average molecular weight is 330 g/mol. The highest BCUT2D eigenvalue weighted by Crippen LogP contribution is 2.50. The zero-order valence-corrected chi connectivity index (χ0v) is 14.4. The van der Waals surface area contributed by atoms with Crippen molar-refractivity contribution in [1.82, 2.24) is 0 Å². The number of aromatic hydroxyl groups is 1. The summed E-state index contributed by atoms with van der Waals surface area (Å²) in [5, 5.41) is 10.1. The number of hydrogen-bond donors (Lipinski definition) is 1. The summed E-state index contributed by atoms with van der Waals surface area (Å²) in [4.78, 5) is 0. The van der Waals surface area contributed by atoms with Crippen molar-refractivity contribution in [2.24, 2.45) is 0 Å². The first-order valence-electron chi connectivity index (χ1n) is 7.86. The number of hydrogen-bond acceptors (Lipinski definition) is 5. The molecule has 0 heterocycles. The van der Waals surface area contributed by atoms with Gasteiger partial charge in [-0.25, -0.2) is 0 Å². The van der Waals surface area contributed by atoms with Crippen molar-refractivity contribution in [1.29, 1.82) is 0 Å². The summed E-state index contributed by atoms with van der Waals surface area (Å²) in [6.07, 6.45) is 2.74. The van der Waals surface area contributed by atoms with E-state index >= 15 is 0 Å². The number of rotatable bonds is 4. The van der Waals surface area contributed by atoms with E-state index in [1.807, 2.05) is 12.1 Å². The Morgan fingerprint density at radius 1 is 0.750 bits per heavy atom. The Morgan fingerprint density at radius 3 is 2.04 bits per heavy atom. The maximum absolute atomic E-state index is 10.1. The summed E-state index contributed by atoms with van der Waals surface area (Å²) in [7, 11) is 6.39. The molecule has 0 bridgehead atoms. The Balaban J connectivity index is 2.36. The molecule has 0 fully saturated rings. The Morgan fingerprint density at radius 2 is 1.42 bits per heavy atom. The monoisotopic (exact) mass is 330 g/mol. The van der Waals surface area contributed by atoms with Crippen LogP contribution in [0.4, 0.5) is 0 Å². The number of methoxy groups -OCH3 is 4. The molecule has 2 aromatic rings. The molecule has 0 radical (unpaired) electrons. The second-order valence-electron chi connectivity index (χ2n) is 5.71. The topological polar surface area (TPSA) is 57.2 Å². The fourth-order valence-corrected chi connectivity index (χ4v) is 3.38. The van der Waals surface area contributed by atoms with Gasteiger partial charge in [0, 0.05) is 5.56 Å². The highest BCUT2D eigenvalue weighted by atomic mass is 16.5. The van der Waals surface area contributed by atoms with Crippen LogP contribution in [-0.4, -0.2) is 33.5 Å². The summed E-state index contributed by atoms with van der Waals surface area (Å²) in [6, 6.07) is 5.65. The van der Waals surface area contributed by atoms with Gasteiger partial charge in [0.1, 0.15) is 0 Å². The molecule has 0 unspecified atom stereocenters. The van der Waals surface area contributed by atoms with Crippen molar-refractivity contribution in [3.05, 3.63) is 29.3 Å². The van der Waals surface area contributed by atoms with Gasteiger partial charge in [-0.1, -0.05) is 0 Å². The Hall–Kier alpha value is -2.56. The third-order valence-corrected chi connectivity index (χ3v) is 4.48. The number of benzene rings is 2. The van der Waals surface area contributed by atoms with Crippen LogP contribution in [0.15, 0.2) is 18.2 Å². The lowest BCUT2D eigenvalue weighted by Gasteiger charge is -2.20. The van der Waals surface area contributed by atoms with Crippen molar-refractivity contribution >= 4 is 0 Å². The summed E-state index contributed by atoms with van der Waals surface area (Å²) in [6.45, 7) is 0. The molecule has 0 saturated carbocycles. The van der Waals surface area contributed by atoms with Crippen molar-refractivity contribution in [2.45, 2.75) is 19.3 Å². The van der Waals surface area contributed by atoms with E-state index in [2.05, 4.69) is 0 Å². The van der Waals surface area contributed by atoms with Crippen LogP contribution in [0.1, 0.15) is 17.5 Å². The molecule has 1 aliphatic rings. The van der Waals surface area contributed by atoms with Gasteiger partial charge in [-0.05, 0) is 54.2 Å². The van der Waals surface area contributed by atoms with Crippen LogP contribution in [0.25, 0.3) is 11.1 Å². The minimum absolute atomic E-state index is 0.152. The molecule has 1 N–H and O–H groups in total.